The molecule has 1 aliphatic carbocycles. The van der Waals surface area contributed by atoms with Crippen molar-refractivity contribution in [1.29, 1.82) is 0 Å². The highest BCUT2D eigenvalue weighted by atomic mass is 16.3. The summed E-state index contributed by atoms with van der Waals surface area (Å²) in [4.78, 5) is 0. The lowest BCUT2D eigenvalue weighted by Crippen LogP contribution is -2.28. The Morgan fingerprint density at radius 1 is 1.50 bits per heavy atom. The summed E-state index contributed by atoms with van der Waals surface area (Å²) in [5.41, 5.74) is 0. The molecular weight excluding hydrogens is 148 g/mol. The molecule has 0 spiro atoms. The molecule has 1 rings (SSSR count). The molecule has 1 saturated carbocycles. The molecule has 1 N–H and O–H groups in total. The maximum atomic E-state index is 9.67. The Bertz CT molecular complexity index is 142. The summed E-state index contributed by atoms with van der Waals surface area (Å²) in [6.45, 7) is 5.97. The first-order valence-electron chi connectivity index (χ1n) is 5.06. The fourth-order valence-corrected chi connectivity index (χ4v) is 2.18. The molecule has 0 heterocycles. The van der Waals surface area contributed by atoms with Gasteiger partial charge in [0.1, 0.15) is 0 Å². The Labute approximate surface area is 75.5 Å². The van der Waals surface area contributed by atoms with Crippen molar-refractivity contribution in [3.63, 3.8) is 0 Å². The number of rotatable bonds is 3. The molecule has 0 bridgehead atoms. The van der Waals surface area contributed by atoms with E-state index >= 15 is 0 Å². The van der Waals surface area contributed by atoms with Crippen LogP contribution in [0.25, 0.3) is 0 Å². The molecule has 0 radical (unpaired) electrons. The SMILES string of the molecule is C=CCC1CC(CC)CCC1O. The second kappa shape index (κ2) is 4.66. The zero-order chi connectivity index (χ0) is 8.97. The normalized spacial score (nSPS) is 36.3. The zero-order valence-corrected chi connectivity index (χ0v) is 8.00. The molecule has 1 nitrogen and oxygen atoms in total. The number of aliphatic hydroxyl groups excluding tert-OH is 1. The van der Waals surface area contributed by atoms with Crippen LogP contribution >= 0.6 is 0 Å². The predicted octanol–water partition coefficient (Wildman–Crippen LogP) is 2.75. The van der Waals surface area contributed by atoms with Gasteiger partial charge in [0.2, 0.25) is 0 Å². The van der Waals surface area contributed by atoms with E-state index in [-0.39, 0.29) is 6.10 Å². The van der Waals surface area contributed by atoms with Gasteiger partial charge in [0.05, 0.1) is 6.10 Å². The number of allylic oxidation sites excluding steroid dienone is 1. The standard InChI is InChI=1S/C11H20O/c1-3-5-10-8-9(4-2)6-7-11(10)12/h3,9-12H,1,4-8H2,2H3. The van der Waals surface area contributed by atoms with E-state index in [2.05, 4.69) is 13.5 Å². The molecule has 1 heteroatoms. The first kappa shape index (κ1) is 9.79. The molecule has 0 aromatic carbocycles. The van der Waals surface area contributed by atoms with Gasteiger partial charge in [-0.25, -0.2) is 0 Å². The number of hydrogen-bond acceptors (Lipinski definition) is 1. The molecule has 12 heavy (non-hydrogen) atoms. The highest BCUT2D eigenvalue weighted by Crippen LogP contribution is 2.33. The summed E-state index contributed by atoms with van der Waals surface area (Å²) in [7, 11) is 0. The van der Waals surface area contributed by atoms with E-state index in [0.717, 1.165) is 18.8 Å². The van der Waals surface area contributed by atoms with Crippen LogP contribution in [0.4, 0.5) is 0 Å². The first-order valence-corrected chi connectivity index (χ1v) is 5.06. The van der Waals surface area contributed by atoms with Crippen LogP contribution < -0.4 is 0 Å². The molecule has 70 valence electrons. The molecular formula is C11H20O. The summed E-state index contributed by atoms with van der Waals surface area (Å²) < 4.78 is 0. The fraction of sp³-hybridized carbons (Fsp3) is 0.818. The molecule has 0 saturated heterocycles. The van der Waals surface area contributed by atoms with Gasteiger partial charge < -0.3 is 5.11 Å². The Morgan fingerprint density at radius 2 is 2.25 bits per heavy atom. The summed E-state index contributed by atoms with van der Waals surface area (Å²) in [5, 5.41) is 9.67. The van der Waals surface area contributed by atoms with Crippen LogP contribution in [-0.2, 0) is 0 Å². The lowest BCUT2D eigenvalue weighted by Gasteiger charge is -2.32. The molecule has 0 aromatic heterocycles. The highest BCUT2D eigenvalue weighted by Gasteiger charge is 2.26. The van der Waals surface area contributed by atoms with E-state index in [9.17, 15) is 5.11 Å². The Kier molecular flexibility index (Phi) is 3.80. The van der Waals surface area contributed by atoms with E-state index in [1.807, 2.05) is 6.08 Å². The quantitative estimate of drug-likeness (QED) is 0.642. The molecule has 3 unspecified atom stereocenters. The minimum absolute atomic E-state index is 0.0641. The van der Waals surface area contributed by atoms with E-state index in [1.54, 1.807) is 0 Å². The summed E-state index contributed by atoms with van der Waals surface area (Å²) >= 11 is 0. The van der Waals surface area contributed by atoms with E-state index in [4.69, 9.17) is 0 Å². The molecule has 1 aliphatic rings. The second-order valence-electron chi connectivity index (χ2n) is 3.94. The van der Waals surface area contributed by atoms with Crippen molar-refractivity contribution in [2.24, 2.45) is 11.8 Å². The van der Waals surface area contributed by atoms with Crippen LogP contribution in [0.3, 0.4) is 0 Å². The Morgan fingerprint density at radius 3 is 2.83 bits per heavy atom. The highest BCUT2D eigenvalue weighted by molar-refractivity contribution is 4.84. The van der Waals surface area contributed by atoms with Gasteiger partial charge in [0, 0.05) is 0 Å². The van der Waals surface area contributed by atoms with Gasteiger partial charge in [-0.15, -0.1) is 6.58 Å². The van der Waals surface area contributed by atoms with Gasteiger partial charge in [-0.3, -0.25) is 0 Å². The third-order valence-electron chi connectivity index (χ3n) is 3.10. The van der Waals surface area contributed by atoms with Crippen molar-refractivity contribution in [2.45, 2.75) is 45.1 Å². The third-order valence-corrected chi connectivity index (χ3v) is 3.10. The zero-order valence-electron chi connectivity index (χ0n) is 8.00. The molecule has 3 atom stereocenters. The maximum Gasteiger partial charge on any atom is 0.0571 e. The maximum absolute atomic E-state index is 9.67. The molecule has 0 aliphatic heterocycles. The monoisotopic (exact) mass is 168 g/mol. The second-order valence-corrected chi connectivity index (χ2v) is 3.94. The lowest BCUT2D eigenvalue weighted by molar-refractivity contribution is 0.0488. The van der Waals surface area contributed by atoms with Crippen LogP contribution in [0.15, 0.2) is 12.7 Å². The van der Waals surface area contributed by atoms with E-state index < -0.39 is 0 Å². The van der Waals surface area contributed by atoms with Crippen molar-refractivity contribution in [1.82, 2.24) is 0 Å². The average molecular weight is 168 g/mol. The van der Waals surface area contributed by atoms with Gasteiger partial charge in [-0.2, -0.15) is 0 Å². The largest absolute Gasteiger partial charge is 0.393 e. The Balaban J connectivity index is 2.41. The summed E-state index contributed by atoms with van der Waals surface area (Å²) in [5.74, 6) is 1.33. The lowest BCUT2D eigenvalue weighted by atomic mass is 9.77. The summed E-state index contributed by atoms with van der Waals surface area (Å²) in [6, 6.07) is 0. The molecule has 1 fully saturated rings. The van der Waals surface area contributed by atoms with E-state index in [1.165, 1.54) is 19.3 Å². The van der Waals surface area contributed by atoms with Crippen LogP contribution in [0, 0.1) is 11.8 Å². The summed E-state index contributed by atoms with van der Waals surface area (Å²) in [6.07, 6.45) is 7.53. The van der Waals surface area contributed by atoms with Crippen molar-refractivity contribution in [2.75, 3.05) is 0 Å². The average Bonchev–Trinajstić information content (AvgIpc) is 2.09. The smallest absolute Gasteiger partial charge is 0.0571 e. The predicted molar refractivity (Wildman–Crippen MR) is 51.9 cm³/mol. The minimum atomic E-state index is -0.0641. The number of hydrogen-bond donors (Lipinski definition) is 1. The van der Waals surface area contributed by atoms with Crippen molar-refractivity contribution in [3.05, 3.63) is 12.7 Å². The number of aliphatic hydroxyl groups is 1. The van der Waals surface area contributed by atoms with Gasteiger partial charge in [-0.05, 0) is 37.5 Å². The van der Waals surface area contributed by atoms with Crippen molar-refractivity contribution < 1.29 is 5.11 Å². The van der Waals surface area contributed by atoms with Crippen LogP contribution in [-0.4, -0.2) is 11.2 Å². The van der Waals surface area contributed by atoms with Gasteiger partial charge in [-0.1, -0.05) is 19.4 Å². The van der Waals surface area contributed by atoms with Crippen LogP contribution in [0.2, 0.25) is 0 Å². The van der Waals surface area contributed by atoms with Gasteiger partial charge in [0.15, 0.2) is 0 Å². The van der Waals surface area contributed by atoms with Gasteiger partial charge in [0.25, 0.3) is 0 Å². The molecule has 0 aromatic rings. The van der Waals surface area contributed by atoms with E-state index in [0.29, 0.717) is 5.92 Å². The van der Waals surface area contributed by atoms with Crippen LogP contribution in [0.5, 0.6) is 0 Å². The van der Waals surface area contributed by atoms with Crippen molar-refractivity contribution >= 4 is 0 Å². The van der Waals surface area contributed by atoms with Gasteiger partial charge >= 0.3 is 0 Å². The van der Waals surface area contributed by atoms with Crippen molar-refractivity contribution in [3.8, 4) is 0 Å². The minimum Gasteiger partial charge on any atom is -0.393 e. The first-order chi connectivity index (χ1) is 5.77. The topological polar surface area (TPSA) is 20.2 Å². The van der Waals surface area contributed by atoms with Crippen LogP contribution in [0.1, 0.15) is 39.0 Å². The Hall–Kier alpha value is -0.300. The third kappa shape index (κ3) is 2.34. The fourth-order valence-electron chi connectivity index (χ4n) is 2.18. The molecule has 0 amide bonds.